The molecule has 2 heteroatoms. The van der Waals surface area contributed by atoms with Crippen LogP contribution in [-0.2, 0) is 9.53 Å². The van der Waals surface area contributed by atoms with Crippen molar-refractivity contribution in [2.75, 3.05) is 0 Å². The van der Waals surface area contributed by atoms with Gasteiger partial charge in [0.1, 0.15) is 6.10 Å². The minimum Gasteiger partial charge on any atom is -0.462 e. The molecule has 0 radical (unpaired) electrons. The second-order valence-electron chi connectivity index (χ2n) is 18.0. The third-order valence-electron chi connectivity index (χ3n) is 14.5. The first kappa shape index (κ1) is 39.5. The third kappa shape index (κ3) is 10.4. The second kappa shape index (κ2) is 19.3. The molecular formula is C46H78O2. The average molecular weight is 663 g/mol. The van der Waals surface area contributed by atoms with Gasteiger partial charge >= 0.3 is 5.97 Å². The van der Waals surface area contributed by atoms with Gasteiger partial charge in [-0.25, -0.2) is 0 Å². The molecule has 4 aliphatic carbocycles. The molecule has 0 saturated heterocycles. The molecule has 4 aliphatic rings. The lowest BCUT2D eigenvalue weighted by Gasteiger charge is -2.58. The van der Waals surface area contributed by atoms with Gasteiger partial charge in [-0.15, -0.1) is 0 Å². The van der Waals surface area contributed by atoms with Crippen LogP contribution < -0.4 is 0 Å². The number of ether oxygens (including phenoxy) is 1. The fourth-order valence-electron chi connectivity index (χ4n) is 10.9. The fourth-order valence-corrected chi connectivity index (χ4v) is 10.9. The lowest BCUT2D eigenvalue weighted by molar-refractivity contribution is -0.151. The van der Waals surface area contributed by atoms with Crippen LogP contribution in [0, 0.1) is 52.3 Å². The van der Waals surface area contributed by atoms with Gasteiger partial charge in [-0.1, -0.05) is 136 Å². The molecule has 3 fully saturated rings. The summed E-state index contributed by atoms with van der Waals surface area (Å²) in [6.45, 7) is 17.1. The summed E-state index contributed by atoms with van der Waals surface area (Å²) in [5.74, 6) is 5.47. The van der Waals surface area contributed by atoms with E-state index in [1.165, 1.54) is 109 Å². The number of hydrogen-bond acceptors (Lipinski definition) is 2. The fraction of sp³-hybridized carbons (Fsp3) is 0.848. The average Bonchev–Trinajstić information content (AvgIpc) is 3.42. The van der Waals surface area contributed by atoms with E-state index >= 15 is 0 Å². The largest absolute Gasteiger partial charge is 0.462 e. The Morgan fingerprint density at radius 2 is 1.48 bits per heavy atom. The molecule has 9 unspecified atom stereocenters. The first-order valence-electron chi connectivity index (χ1n) is 21.3. The van der Waals surface area contributed by atoms with E-state index in [1.807, 2.05) is 0 Å². The van der Waals surface area contributed by atoms with Crippen LogP contribution in [0.5, 0.6) is 0 Å². The van der Waals surface area contributed by atoms with Crippen molar-refractivity contribution in [1.29, 1.82) is 0 Å². The van der Waals surface area contributed by atoms with Gasteiger partial charge in [0.25, 0.3) is 0 Å². The van der Waals surface area contributed by atoms with Crippen LogP contribution >= 0.6 is 0 Å². The van der Waals surface area contributed by atoms with Crippen molar-refractivity contribution in [3.05, 3.63) is 36.0 Å². The van der Waals surface area contributed by atoms with Crippen LogP contribution in [0.4, 0.5) is 0 Å². The second-order valence-corrected chi connectivity index (χ2v) is 18.0. The van der Waals surface area contributed by atoms with E-state index in [9.17, 15) is 4.79 Å². The zero-order valence-electron chi connectivity index (χ0n) is 32.9. The summed E-state index contributed by atoms with van der Waals surface area (Å²) in [5, 5.41) is 0. The van der Waals surface area contributed by atoms with Crippen LogP contribution in [0.15, 0.2) is 36.0 Å². The zero-order valence-corrected chi connectivity index (χ0v) is 32.9. The third-order valence-corrected chi connectivity index (χ3v) is 14.5. The number of rotatable bonds is 20. The highest BCUT2D eigenvalue weighted by molar-refractivity contribution is 5.69. The van der Waals surface area contributed by atoms with Gasteiger partial charge in [-0.3, -0.25) is 4.79 Å². The van der Waals surface area contributed by atoms with Crippen molar-refractivity contribution < 1.29 is 9.53 Å². The summed E-state index contributed by atoms with van der Waals surface area (Å²) in [7, 11) is 0. The van der Waals surface area contributed by atoms with Gasteiger partial charge in [0, 0.05) is 12.8 Å². The molecule has 0 aliphatic heterocycles. The summed E-state index contributed by atoms with van der Waals surface area (Å²) in [5.41, 5.74) is 2.44. The van der Waals surface area contributed by atoms with Crippen molar-refractivity contribution in [1.82, 2.24) is 0 Å². The smallest absolute Gasteiger partial charge is 0.306 e. The number of allylic oxidation sites excluding steroid dienone is 5. The number of esters is 1. The van der Waals surface area contributed by atoms with Crippen LogP contribution in [0.2, 0.25) is 0 Å². The Morgan fingerprint density at radius 3 is 2.17 bits per heavy atom. The molecule has 2 nitrogen and oxygen atoms in total. The summed E-state index contributed by atoms with van der Waals surface area (Å²) >= 11 is 0. The summed E-state index contributed by atoms with van der Waals surface area (Å²) in [4.78, 5) is 12.8. The van der Waals surface area contributed by atoms with E-state index in [1.54, 1.807) is 5.57 Å². The number of carbonyl (C=O) groups excluding carboxylic acids is 1. The predicted molar refractivity (Wildman–Crippen MR) is 207 cm³/mol. The standard InChI is InChI=1S/C46H78O2/c1-8-9-10-11-12-13-14-15-16-17-18-19-20-21-22-23-44(47)48-39-30-32-45(6)38(34-39)26-27-40-42-29-28-41(46(42,7)33-31-43(40)45)37(5)25-24-36(4)35(2)3/h13-14,24-26,35-37,39-43H,8-12,15-23,27-34H2,1-7H3/b14-13-,25-24+. The quantitative estimate of drug-likeness (QED) is 0.0736. The summed E-state index contributed by atoms with van der Waals surface area (Å²) < 4.78 is 6.13. The lowest BCUT2D eigenvalue weighted by Crippen LogP contribution is -2.51. The van der Waals surface area contributed by atoms with Crippen molar-refractivity contribution in [3.8, 4) is 0 Å². The van der Waals surface area contributed by atoms with Crippen molar-refractivity contribution >= 4 is 5.97 Å². The normalized spacial score (nSPS) is 33.0. The maximum atomic E-state index is 12.8. The molecule has 274 valence electrons. The van der Waals surface area contributed by atoms with Crippen LogP contribution in [0.1, 0.15) is 190 Å². The Morgan fingerprint density at radius 1 is 0.812 bits per heavy atom. The molecule has 0 heterocycles. The topological polar surface area (TPSA) is 26.3 Å². The highest BCUT2D eigenvalue weighted by atomic mass is 16.5. The molecule has 0 amide bonds. The summed E-state index contributed by atoms with van der Waals surface area (Å²) in [6, 6.07) is 0. The molecule has 0 aromatic rings. The van der Waals surface area contributed by atoms with Gasteiger partial charge in [0.05, 0.1) is 0 Å². The molecule has 0 spiro atoms. The Hall–Kier alpha value is -1.31. The minimum absolute atomic E-state index is 0.0516. The maximum Gasteiger partial charge on any atom is 0.306 e. The van der Waals surface area contributed by atoms with Gasteiger partial charge in [-0.05, 0) is 129 Å². The van der Waals surface area contributed by atoms with E-state index in [0.29, 0.717) is 29.1 Å². The highest BCUT2D eigenvalue weighted by Gasteiger charge is 2.59. The minimum atomic E-state index is 0.0516. The predicted octanol–water partition coefficient (Wildman–Crippen LogP) is 14.0. The SMILES string of the molecule is CCCCCC/C=C\CCCCCCCCCC(=O)OC1CCC2(C)C(=CCC3C2CCC2(C)C(C(C)/C=C/C(C)C(C)C)CCC32)C1. The monoisotopic (exact) mass is 663 g/mol. The number of unbranched alkanes of at least 4 members (excludes halogenated alkanes) is 11. The van der Waals surface area contributed by atoms with E-state index in [4.69, 9.17) is 4.74 Å². The molecule has 0 N–H and O–H groups in total. The molecule has 48 heavy (non-hydrogen) atoms. The Balaban J connectivity index is 1.13. The molecule has 9 atom stereocenters. The van der Waals surface area contributed by atoms with Gasteiger partial charge in [0.15, 0.2) is 0 Å². The molecule has 0 bridgehead atoms. The van der Waals surface area contributed by atoms with Crippen molar-refractivity contribution in [3.63, 3.8) is 0 Å². The molecule has 3 saturated carbocycles. The van der Waals surface area contributed by atoms with E-state index < -0.39 is 0 Å². The van der Waals surface area contributed by atoms with Crippen LogP contribution in [0.25, 0.3) is 0 Å². The van der Waals surface area contributed by atoms with Crippen LogP contribution in [0.3, 0.4) is 0 Å². The molecule has 4 rings (SSSR count). The summed E-state index contributed by atoms with van der Waals surface area (Å²) in [6.07, 6.45) is 40.0. The molecular weight excluding hydrogens is 585 g/mol. The first-order valence-corrected chi connectivity index (χ1v) is 21.3. The van der Waals surface area contributed by atoms with Gasteiger partial charge in [0.2, 0.25) is 0 Å². The lowest BCUT2D eigenvalue weighted by atomic mass is 9.47. The maximum absolute atomic E-state index is 12.8. The Bertz CT molecular complexity index is 1050. The Kier molecular flexibility index (Phi) is 15.9. The van der Waals surface area contributed by atoms with Crippen molar-refractivity contribution in [2.45, 2.75) is 196 Å². The van der Waals surface area contributed by atoms with E-state index in [0.717, 1.165) is 55.3 Å². The molecule has 0 aromatic heterocycles. The van der Waals surface area contributed by atoms with Gasteiger partial charge in [-0.2, -0.15) is 0 Å². The number of carbonyl (C=O) groups is 1. The van der Waals surface area contributed by atoms with Crippen molar-refractivity contribution in [2.24, 2.45) is 52.3 Å². The Labute approximate surface area is 298 Å². The number of fused-ring (bicyclic) bond motifs is 5. The number of hydrogen-bond donors (Lipinski definition) is 0. The highest BCUT2D eigenvalue weighted by Crippen LogP contribution is 2.67. The molecule has 0 aromatic carbocycles. The van der Waals surface area contributed by atoms with Crippen LogP contribution in [-0.4, -0.2) is 12.1 Å². The zero-order chi connectivity index (χ0) is 34.6. The van der Waals surface area contributed by atoms with Gasteiger partial charge < -0.3 is 4.74 Å². The first-order chi connectivity index (χ1) is 23.1. The van der Waals surface area contributed by atoms with E-state index in [2.05, 4.69) is 78.8 Å². The van der Waals surface area contributed by atoms with E-state index in [-0.39, 0.29) is 12.1 Å².